The van der Waals surface area contributed by atoms with Crippen LogP contribution in [0.15, 0.2) is 24.3 Å². The summed E-state index contributed by atoms with van der Waals surface area (Å²) in [7, 11) is 0. The van der Waals surface area contributed by atoms with E-state index in [9.17, 15) is 0 Å². The summed E-state index contributed by atoms with van der Waals surface area (Å²) in [5, 5.41) is 12.2. The van der Waals surface area contributed by atoms with E-state index in [0.717, 1.165) is 18.7 Å². The molecule has 0 aromatic heterocycles. The predicted molar refractivity (Wildman–Crippen MR) is 58.6 cm³/mol. The van der Waals surface area contributed by atoms with Crippen LogP contribution in [0.2, 0.25) is 0 Å². The molecule has 78 valence electrons. The molecule has 0 radical (unpaired) electrons. The lowest BCUT2D eigenvalue weighted by Crippen LogP contribution is -2.26. The first-order valence-corrected chi connectivity index (χ1v) is 5.18. The normalized spacial score (nSPS) is 24.8. The number of benzene rings is 1. The second-order valence-electron chi connectivity index (χ2n) is 3.81. The van der Waals surface area contributed by atoms with Gasteiger partial charge in [0.1, 0.15) is 0 Å². The largest absolute Gasteiger partial charge is 0.380 e. The zero-order valence-electron chi connectivity index (χ0n) is 8.73. The van der Waals surface area contributed by atoms with Gasteiger partial charge < -0.3 is 10.1 Å². The molecular weight excluding hydrogens is 188 g/mol. The van der Waals surface area contributed by atoms with Crippen LogP contribution in [-0.2, 0) is 4.74 Å². The maximum Gasteiger partial charge on any atom is 0.0992 e. The Kier molecular flexibility index (Phi) is 2.89. The van der Waals surface area contributed by atoms with Gasteiger partial charge in [-0.25, -0.2) is 0 Å². The van der Waals surface area contributed by atoms with Crippen molar-refractivity contribution < 1.29 is 4.74 Å². The topological polar surface area (TPSA) is 45.0 Å². The summed E-state index contributed by atoms with van der Waals surface area (Å²) < 4.78 is 5.47. The molecule has 15 heavy (non-hydrogen) atoms. The van der Waals surface area contributed by atoms with Crippen LogP contribution in [0.1, 0.15) is 18.9 Å². The lowest BCUT2D eigenvalue weighted by Gasteiger charge is -2.17. The third-order valence-corrected chi connectivity index (χ3v) is 2.72. The summed E-state index contributed by atoms with van der Waals surface area (Å²) in [5.41, 5.74) is 1.68. The average Bonchev–Trinajstić information content (AvgIpc) is 2.65. The molecule has 2 atom stereocenters. The van der Waals surface area contributed by atoms with Crippen LogP contribution in [0.25, 0.3) is 0 Å². The van der Waals surface area contributed by atoms with Gasteiger partial charge in [0.15, 0.2) is 0 Å². The van der Waals surface area contributed by atoms with E-state index >= 15 is 0 Å². The first-order chi connectivity index (χ1) is 7.29. The van der Waals surface area contributed by atoms with Crippen LogP contribution >= 0.6 is 0 Å². The summed E-state index contributed by atoms with van der Waals surface area (Å²) in [6.45, 7) is 2.88. The standard InChI is InChI=1S/C12H14N2O/c1-9-12(5-6-15-9)14-11-4-2-3-10(7-11)8-13/h2-4,7,9,12,14H,5-6H2,1H3/t9-,12-/m0/s1. The maximum absolute atomic E-state index is 8.77. The van der Waals surface area contributed by atoms with Crippen molar-refractivity contribution in [1.82, 2.24) is 0 Å². The van der Waals surface area contributed by atoms with Crippen molar-refractivity contribution in [2.75, 3.05) is 11.9 Å². The second kappa shape index (κ2) is 4.33. The van der Waals surface area contributed by atoms with Crippen molar-refractivity contribution in [3.8, 4) is 6.07 Å². The Morgan fingerprint density at radius 2 is 2.40 bits per heavy atom. The van der Waals surface area contributed by atoms with Crippen LogP contribution < -0.4 is 5.32 Å². The molecule has 3 nitrogen and oxygen atoms in total. The Morgan fingerprint density at radius 1 is 1.53 bits per heavy atom. The molecule has 0 spiro atoms. The van der Waals surface area contributed by atoms with E-state index in [-0.39, 0.29) is 6.10 Å². The molecule has 1 aromatic carbocycles. The van der Waals surface area contributed by atoms with Crippen LogP contribution in [-0.4, -0.2) is 18.8 Å². The maximum atomic E-state index is 8.77. The molecule has 1 fully saturated rings. The molecule has 0 aliphatic carbocycles. The van der Waals surface area contributed by atoms with Crippen molar-refractivity contribution in [3.63, 3.8) is 0 Å². The van der Waals surface area contributed by atoms with Gasteiger partial charge in [-0.05, 0) is 31.5 Å². The molecule has 0 bridgehead atoms. The van der Waals surface area contributed by atoms with Gasteiger partial charge in [0.2, 0.25) is 0 Å². The summed E-state index contributed by atoms with van der Waals surface area (Å²) in [4.78, 5) is 0. The van der Waals surface area contributed by atoms with E-state index < -0.39 is 0 Å². The number of rotatable bonds is 2. The van der Waals surface area contributed by atoms with Gasteiger partial charge in [0.05, 0.1) is 23.8 Å². The Balaban J connectivity index is 2.07. The van der Waals surface area contributed by atoms with Crippen molar-refractivity contribution in [2.24, 2.45) is 0 Å². The predicted octanol–water partition coefficient (Wildman–Crippen LogP) is 2.15. The van der Waals surface area contributed by atoms with E-state index in [1.165, 1.54) is 0 Å². The Morgan fingerprint density at radius 3 is 3.07 bits per heavy atom. The molecule has 1 saturated heterocycles. The quantitative estimate of drug-likeness (QED) is 0.799. The fraction of sp³-hybridized carbons (Fsp3) is 0.417. The summed E-state index contributed by atoms with van der Waals surface area (Å²) in [6.07, 6.45) is 1.27. The van der Waals surface area contributed by atoms with E-state index in [1.807, 2.05) is 18.2 Å². The Labute approximate surface area is 89.7 Å². The smallest absolute Gasteiger partial charge is 0.0992 e. The van der Waals surface area contributed by atoms with E-state index in [1.54, 1.807) is 6.07 Å². The minimum Gasteiger partial charge on any atom is -0.380 e. The SMILES string of the molecule is C[C@@H]1OCC[C@@H]1Nc1cccc(C#N)c1. The zero-order chi connectivity index (χ0) is 10.7. The number of nitrogens with one attached hydrogen (secondary N) is 1. The molecule has 0 saturated carbocycles. The van der Waals surface area contributed by atoms with Gasteiger partial charge in [-0.1, -0.05) is 6.07 Å². The van der Waals surface area contributed by atoms with Crippen molar-refractivity contribution in [2.45, 2.75) is 25.5 Å². The van der Waals surface area contributed by atoms with E-state index in [0.29, 0.717) is 11.6 Å². The fourth-order valence-electron chi connectivity index (χ4n) is 1.81. The lowest BCUT2D eigenvalue weighted by atomic mass is 10.1. The molecular formula is C12H14N2O. The van der Waals surface area contributed by atoms with Gasteiger partial charge in [0, 0.05) is 12.3 Å². The first-order valence-electron chi connectivity index (χ1n) is 5.18. The van der Waals surface area contributed by atoms with Gasteiger partial charge in [-0.15, -0.1) is 0 Å². The number of hydrogen-bond donors (Lipinski definition) is 1. The van der Waals surface area contributed by atoms with E-state index in [4.69, 9.17) is 10.00 Å². The van der Waals surface area contributed by atoms with Gasteiger partial charge in [-0.2, -0.15) is 5.26 Å². The monoisotopic (exact) mass is 202 g/mol. The highest BCUT2D eigenvalue weighted by molar-refractivity contribution is 5.50. The van der Waals surface area contributed by atoms with Crippen LogP contribution in [0.4, 0.5) is 5.69 Å². The summed E-state index contributed by atoms with van der Waals surface area (Å²) >= 11 is 0. The average molecular weight is 202 g/mol. The van der Waals surface area contributed by atoms with Gasteiger partial charge >= 0.3 is 0 Å². The zero-order valence-corrected chi connectivity index (χ0v) is 8.73. The third-order valence-electron chi connectivity index (χ3n) is 2.72. The molecule has 1 aromatic rings. The number of nitrogens with zero attached hydrogens (tertiary/aromatic N) is 1. The number of anilines is 1. The third kappa shape index (κ3) is 2.28. The van der Waals surface area contributed by atoms with Crippen molar-refractivity contribution in [3.05, 3.63) is 29.8 Å². The molecule has 0 amide bonds. The molecule has 3 heteroatoms. The van der Waals surface area contributed by atoms with Crippen molar-refractivity contribution >= 4 is 5.69 Å². The highest BCUT2D eigenvalue weighted by atomic mass is 16.5. The number of ether oxygens (including phenoxy) is 1. The first kappa shape index (κ1) is 10.0. The fourth-order valence-corrected chi connectivity index (χ4v) is 1.81. The highest BCUT2D eigenvalue weighted by Gasteiger charge is 2.23. The minimum absolute atomic E-state index is 0.246. The summed E-state index contributed by atoms with van der Waals surface area (Å²) in [5.74, 6) is 0. The van der Waals surface area contributed by atoms with Crippen molar-refractivity contribution in [1.29, 1.82) is 5.26 Å². The number of hydrogen-bond acceptors (Lipinski definition) is 3. The molecule has 1 aliphatic rings. The Bertz CT molecular complexity index is 383. The lowest BCUT2D eigenvalue weighted by molar-refractivity contribution is 0.121. The molecule has 1 aliphatic heterocycles. The molecule has 2 rings (SSSR count). The second-order valence-corrected chi connectivity index (χ2v) is 3.81. The molecule has 1 heterocycles. The molecule has 1 N–H and O–H groups in total. The van der Waals surface area contributed by atoms with Crippen LogP contribution in [0.3, 0.4) is 0 Å². The molecule has 0 unspecified atom stereocenters. The van der Waals surface area contributed by atoms with Crippen LogP contribution in [0.5, 0.6) is 0 Å². The van der Waals surface area contributed by atoms with Gasteiger partial charge in [-0.3, -0.25) is 0 Å². The number of nitriles is 1. The van der Waals surface area contributed by atoms with Crippen LogP contribution in [0, 0.1) is 11.3 Å². The Hall–Kier alpha value is -1.53. The van der Waals surface area contributed by atoms with Gasteiger partial charge in [0.25, 0.3) is 0 Å². The highest BCUT2D eigenvalue weighted by Crippen LogP contribution is 2.19. The summed E-state index contributed by atoms with van der Waals surface area (Å²) in [6, 6.07) is 10.0. The minimum atomic E-state index is 0.246. The van der Waals surface area contributed by atoms with E-state index in [2.05, 4.69) is 18.3 Å².